The molecule has 0 saturated heterocycles. The third-order valence-corrected chi connectivity index (χ3v) is 2.49. The van der Waals surface area contributed by atoms with E-state index in [0.717, 1.165) is 6.54 Å². The summed E-state index contributed by atoms with van der Waals surface area (Å²) in [6.07, 6.45) is 0. The van der Waals surface area contributed by atoms with Crippen molar-refractivity contribution in [3.63, 3.8) is 0 Å². The summed E-state index contributed by atoms with van der Waals surface area (Å²) < 4.78 is 13.3. The Balaban J connectivity index is 2.48. The van der Waals surface area contributed by atoms with E-state index in [2.05, 4.69) is 26.3 Å². The van der Waals surface area contributed by atoms with Gasteiger partial charge in [0, 0.05) is 12.5 Å². The van der Waals surface area contributed by atoms with E-state index >= 15 is 0 Å². The Morgan fingerprint density at radius 2 is 2.06 bits per heavy atom. The Bertz CT molecular complexity index is 379. The molecule has 1 rings (SSSR count). The lowest BCUT2D eigenvalue weighted by Gasteiger charge is -2.15. The van der Waals surface area contributed by atoms with Gasteiger partial charge in [0.15, 0.2) is 0 Å². The van der Waals surface area contributed by atoms with E-state index in [1.165, 1.54) is 17.0 Å². The van der Waals surface area contributed by atoms with E-state index in [-0.39, 0.29) is 11.5 Å². The summed E-state index contributed by atoms with van der Waals surface area (Å²) >= 11 is 0. The lowest BCUT2D eigenvalue weighted by molar-refractivity contribution is -0.861. The molecule has 0 aliphatic carbocycles. The number of amides is 1. The van der Waals surface area contributed by atoms with Gasteiger partial charge in [-0.3, -0.25) is 4.79 Å². The van der Waals surface area contributed by atoms with Gasteiger partial charge in [0.2, 0.25) is 0 Å². The fourth-order valence-corrected chi connectivity index (χ4v) is 1.78. The number of hydrogen-bond donors (Lipinski definition) is 2. The normalized spacial score (nSPS) is 12.5. The van der Waals surface area contributed by atoms with Gasteiger partial charge in [-0.05, 0) is 12.1 Å². The number of carbonyl (C=O) groups is 1. The minimum Gasteiger partial charge on any atom is -0.351 e. The van der Waals surface area contributed by atoms with Crippen LogP contribution in [0.4, 0.5) is 4.39 Å². The van der Waals surface area contributed by atoms with Crippen molar-refractivity contribution < 1.29 is 14.1 Å². The number of nitrogens with one attached hydrogen (secondary N) is 2. The van der Waals surface area contributed by atoms with E-state index in [4.69, 9.17) is 0 Å². The number of carbonyl (C=O) groups excluding carboxylic acids is 1. The average molecular weight is 239 g/mol. The summed E-state index contributed by atoms with van der Waals surface area (Å²) in [6.45, 7) is 3.60. The highest BCUT2D eigenvalue weighted by Gasteiger charge is 2.12. The summed E-state index contributed by atoms with van der Waals surface area (Å²) in [7, 11) is 4.13. The highest BCUT2D eigenvalue weighted by atomic mass is 19.1. The van der Waals surface area contributed by atoms with Crippen LogP contribution in [0.15, 0.2) is 24.3 Å². The zero-order valence-corrected chi connectivity index (χ0v) is 10.6. The maximum atomic E-state index is 13.3. The first-order chi connectivity index (χ1) is 8.00. The van der Waals surface area contributed by atoms with Crippen molar-refractivity contribution in [3.8, 4) is 0 Å². The molecule has 1 amide bonds. The van der Waals surface area contributed by atoms with Crippen molar-refractivity contribution >= 4 is 5.91 Å². The molecule has 0 aromatic heterocycles. The zero-order chi connectivity index (χ0) is 12.8. The summed E-state index contributed by atoms with van der Waals surface area (Å²) in [5.41, 5.74) is 0.108. The largest absolute Gasteiger partial charge is 0.351 e. The topological polar surface area (TPSA) is 33.5 Å². The van der Waals surface area contributed by atoms with E-state index in [0.29, 0.717) is 12.5 Å². The van der Waals surface area contributed by atoms with E-state index < -0.39 is 5.82 Å². The molecule has 1 aromatic carbocycles. The van der Waals surface area contributed by atoms with Crippen LogP contribution < -0.4 is 10.2 Å². The molecule has 3 nitrogen and oxygen atoms in total. The Hall–Kier alpha value is -1.42. The number of halogens is 1. The second-order valence-electron chi connectivity index (χ2n) is 4.71. The minimum absolute atomic E-state index is 0.108. The number of benzene rings is 1. The van der Waals surface area contributed by atoms with Gasteiger partial charge in [0.1, 0.15) is 5.82 Å². The van der Waals surface area contributed by atoms with Gasteiger partial charge < -0.3 is 10.2 Å². The number of rotatable bonds is 5. The average Bonchev–Trinajstić information content (AvgIpc) is 2.25. The Morgan fingerprint density at radius 3 is 2.65 bits per heavy atom. The number of quaternary nitrogens is 1. The van der Waals surface area contributed by atoms with Crippen molar-refractivity contribution in [1.29, 1.82) is 0 Å². The van der Waals surface area contributed by atoms with Crippen LogP contribution in [0, 0.1) is 11.7 Å². The molecule has 0 heterocycles. The van der Waals surface area contributed by atoms with Crippen molar-refractivity contribution in [2.45, 2.75) is 6.92 Å². The van der Waals surface area contributed by atoms with Gasteiger partial charge in [-0.1, -0.05) is 19.1 Å². The lowest BCUT2D eigenvalue weighted by Crippen LogP contribution is -3.06. The second-order valence-corrected chi connectivity index (χ2v) is 4.71. The molecule has 2 N–H and O–H groups in total. The smallest absolute Gasteiger partial charge is 0.254 e. The number of hydrogen-bond acceptors (Lipinski definition) is 1. The molecule has 4 heteroatoms. The molecule has 17 heavy (non-hydrogen) atoms. The SMILES string of the molecule is C[C@@H](CNC(=O)c1ccccc1F)C[NH+](C)C. The fraction of sp³-hybridized carbons (Fsp3) is 0.462. The maximum absolute atomic E-state index is 13.3. The highest BCUT2D eigenvalue weighted by molar-refractivity contribution is 5.94. The van der Waals surface area contributed by atoms with E-state index in [9.17, 15) is 9.18 Å². The summed E-state index contributed by atoms with van der Waals surface area (Å²) in [5, 5.41) is 2.75. The maximum Gasteiger partial charge on any atom is 0.254 e. The van der Waals surface area contributed by atoms with E-state index in [1.807, 2.05) is 0 Å². The van der Waals surface area contributed by atoms with Gasteiger partial charge in [-0.25, -0.2) is 4.39 Å². The first-order valence-corrected chi connectivity index (χ1v) is 5.82. The lowest BCUT2D eigenvalue weighted by atomic mass is 10.1. The van der Waals surface area contributed by atoms with E-state index in [1.54, 1.807) is 12.1 Å². The van der Waals surface area contributed by atoms with Crippen molar-refractivity contribution in [2.24, 2.45) is 5.92 Å². The monoisotopic (exact) mass is 239 g/mol. The molecule has 0 radical (unpaired) electrons. The molecule has 1 atom stereocenters. The second kappa shape index (κ2) is 6.35. The molecule has 94 valence electrons. The van der Waals surface area contributed by atoms with Gasteiger partial charge in [0.25, 0.3) is 5.91 Å². The van der Waals surface area contributed by atoms with Crippen LogP contribution in [0.1, 0.15) is 17.3 Å². The van der Waals surface area contributed by atoms with Crippen LogP contribution in [0.25, 0.3) is 0 Å². The van der Waals surface area contributed by atoms with Crippen molar-refractivity contribution in [1.82, 2.24) is 5.32 Å². The molecule has 1 aromatic rings. The van der Waals surface area contributed by atoms with Gasteiger partial charge >= 0.3 is 0 Å². The highest BCUT2D eigenvalue weighted by Crippen LogP contribution is 2.05. The molecule has 0 saturated carbocycles. The van der Waals surface area contributed by atoms with Gasteiger partial charge in [-0.2, -0.15) is 0 Å². The van der Waals surface area contributed by atoms with Crippen LogP contribution in [-0.2, 0) is 0 Å². The van der Waals surface area contributed by atoms with Crippen LogP contribution in [0.2, 0.25) is 0 Å². The minimum atomic E-state index is -0.476. The van der Waals surface area contributed by atoms with Crippen LogP contribution in [0.3, 0.4) is 0 Å². The quantitative estimate of drug-likeness (QED) is 0.763. The Kier molecular flexibility index (Phi) is 5.10. The summed E-state index contributed by atoms with van der Waals surface area (Å²) in [5.74, 6) is -0.449. The zero-order valence-electron chi connectivity index (χ0n) is 10.6. The molecule has 0 aliphatic heterocycles. The predicted molar refractivity (Wildman–Crippen MR) is 65.6 cm³/mol. The van der Waals surface area contributed by atoms with Crippen LogP contribution in [0.5, 0.6) is 0 Å². The molecule has 0 spiro atoms. The fourth-order valence-electron chi connectivity index (χ4n) is 1.78. The third-order valence-electron chi connectivity index (χ3n) is 2.49. The summed E-state index contributed by atoms with van der Waals surface area (Å²) in [6, 6.07) is 6.02. The first-order valence-electron chi connectivity index (χ1n) is 5.82. The standard InChI is InChI=1S/C13H19FN2O/c1-10(9-16(2)3)8-15-13(17)11-6-4-5-7-12(11)14/h4-7,10H,8-9H2,1-3H3,(H,15,17)/p+1/t10-/m0/s1. The Morgan fingerprint density at radius 1 is 1.41 bits per heavy atom. The molecular formula is C13H20FN2O+. The van der Waals surface area contributed by atoms with Crippen molar-refractivity contribution in [3.05, 3.63) is 35.6 Å². The van der Waals surface area contributed by atoms with Crippen LogP contribution in [-0.4, -0.2) is 33.1 Å². The molecule has 0 aliphatic rings. The molecule has 0 fully saturated rings. The molecular weight excluding hydrogens is 219 g/mol. The third kappa shape index (κ3) is 4.53. The summed E-state index contributed by atoms with van der Waals surface area (Å²) in [4.78, 5) is 13.0. The van der Waals surface area contributed by atoms with Crippen molar-refractivity contribution in [2.75, 3.05) is 27.2 Å². The first kappa shape index (κ1) is 13.6. The van der Waals surface area contributed by atoms with Crippen LogP contribution >= 0.6 is 0 Å². The van der Waals surface area contributed by atoms with Gasteiger partial charge in [-0.15, -0.1) is 0 Å². The predicted octanol–water partition coefficient (Wildman–Crippen LogP) is 0.336. The molecule has 0 bridgehead atoms. The Labute approximate surface area is 102 Å². The molecule has 0 unspecified atom stereocenters. The van der Waals surface area contributed by atoms with Gasteiger partial charge in [0.05, 0.1) is 26.2 Å².